The van der Waals surface area contributed by atoms with Crippen molar-refractivity contribution in [3.05, 3.63) is 71.3 Å². The molecule has 0 aliphatic heterocycles. The molecule has 0 N–H and O–H groups in total. The van der Waals surface area contributed by atoms with Crippen LogP contribution in [-0.4, -0.2) is 8.41 Å². The number of rotatable bonds is 3. The highest BCUT2D eigenvalue weighted by atomic mass is 14.1. The maximum Gasteiger partial charge on any atom is 0 e. The molecule has 0 atom stereocenters. The Labute approximate surface area is 253 Å². The summed E-state index contributed by atoms with van der Waals surface area (Å²) < 4.78 is 0. The average molecular weight is 544 g/mol. The molecule has 3 radical (unpaired) electrons. The van der Waals surface area contributed by atoms with E-state index in [1.54, 1.807) is 0 Å². The van der Waals surface area contributed by atoms with Gasteiger partial charge >= 0.3 is 0 Å². The van der Waals surface area contributed by atoms with Gasteiger partial charge in [0.2, 0.25) is 0 Å². The largest absolute Gasteiger partial charge is 0.0776 e. The molecule has 1 heteroatoms. The molecular formula is C38H76B. The van der Waals surface area contributed by atoms with Gasteiger partial charge in [0.05, 0.1) is 0 Å². The van der Waals surface area contributed by atoms with Crippen LogP contribution in [0.15, 0.2) is 54.6 Å². The van der Waals surface area contributed by atoms with Crippen molar-refractivity contribution < 1.29 is 0 Å². The van der Waals surface area contributed by atoms with Crippen LogP contribution in [0.25, 0.3) is 0 Å². The number of hydrogen-bond acceptors (Lipinski definition) is 0. The van der Waals surface area contributed by atoms with Crippen LogP contribution in [0.2, 0.25) is 0 Å². The molecule has 0 fully saturated rings. The van der Waals surface area contributed by atoms with Crippen LogP contribution in [0, 0.1) is 17.8 Å². The van der Waals surface area contributed by atoms with E-state index in [9.17, 15) is 0 Å². The van der Waals surface area contributed by atoms with Crippen molar-refractivity contribution in [1.29, 1.82) is 0 Å². The highest BCUT2D eigenvalue weighted by Gasteiger charge is 2.02. The van der Waals surface area contributed by atoms with Gasteiger partial charge in [0, 0.05) is 8.41 Å². The zero-order chi connectivity index (χ0) is 30.6. The molecule has 0 spiro atoms. The standard InChI is InChI=1S/C12H18.C9H12.3C4H10.2C2H6.CH4.B/c1-9(2)11-6-5-7-12(8-11)10(3)4;1-8(2)9-6-4-3-5-7-9;3*1-4(2)3;2*1-2;;/h5-10H,1-4H3;3-8H,1-2H3;3*4H,1-3H3;2*1-2H3;1H4;. The van der Waals surface area contributed by atoms with Crippen LogP contribution in [0.4, 0.5) is 0 Å². The Morgan fingerprint density at radius 3 is 0.744 bits per heavy atom. The summed E-state index contributed by atoms with van der Waals surface area (Å²) in [7, 11) is 0. The van der Waals surface area contributed by atoms with E-state index in [1.165, 1.54) is 16.7 Å². The molecule has 0 heterocycles. The van der Waals surface area contributed by atoms with Crippen LogP contribution in [0.3, 0.4) is 0 Å². The minimum absolute atomic E-state index is 0. The van der Waals surface area contributed by atoms with Crippen LogP contribution >= 0.6 is 0 Å². The van der Waals surface area contributed by atoms with Gasteiger partial charge in [0.1, 0.15) is 0 Å². The van der Waals surface area contributed by atoms with Crippen LogP contribution in [-0.2, 0) is 0 Å². The Hall–Kier alpha value is -1.50. The van der Waals surface area contributed by atoms with Gasteiger partial charge < -0.3 is 0 Å². The van der Waals surface area contributed by atoms with Crippen LogP contribution in [0.5, 0.6) is 0 Å². The van der Waals surface area contributed by atoms with Crippen molar-refractivity contribution in [3.63, 3.8) is 0 Å². The lowest BCUT2D eigenvalue weighted by Crippen LogP contribution is -1.91. The van der Waals surface area contributed by atoms with Gasteiger partial charge in [-0.15, -0.1) is 0 Å². The molecular weight excluding hydrogens is 467 g/mol. The van der Waals surface area contributed by atoms with E-state index in [1.807, 2.05) is 33.8 Å². The fourth-order valence-electron chi connectivity index (χ4n) is 2.12. The summed E-state index contributed by atoms with van der Waals surface area (Å²) in [4.78, 5) is 0. The van der Waals surface area contributed by atoms with E-state index in [2.05, 4.69) is 152 Å². The van der Waals surface area contributed by atoms with Crippen LogP contribution in [0.1, 0.15) is 173 Å². The SMILES string of the molecule is C.CC.CC.CC(C)C.CC(C)C.CC(C)C.CC(C)c1cccc(C(C)C)c1.CC(C)c1ccccc1.[B]. The summed E-state index contributed by atoms with van der Waals surface area (Å²) in [5.41, 5.74) is 4.31. The molecule has 2 rings (SSSR count). The van der Waals surface area contributed by atoms with E-state index in [0.717, 1.165) is 17.8 Å². The minimum Gasteiger partial charge on any atom is -0.0776 e. The van der Waals surface area contributed by atoms with Crippen molar-refractivity contribution in [2.45, 2.75) is 157 Å². The van der Waals surface area contributed by atoms with Gasteiger partial charge in [-0.25, -0.2) is 0 Å². The lowest BCUT2D eigenvalue weighted by Gasteiger charge is -2.09. The molecule has 39 heavy (non-hydrogen) atoms. The Bertz CT molecular complexity index is 591. The highest BCUT2D eigenvalue weighted by molar-refractivity contribution is 5.75. The monoisotopic (exact) mass is 544 g/mol. The van der Waals surface area contributed by atoms with E-state index in [-0.39, 0.29) is 15.8 Å². The summed E-state index contributed by atoms with van der Waals surface area (Å²) >= 11 is 0. The van der Waals surface area contributed by atoms with Gasteiger partial charge in [0.15, 0.2) is 0 Å². The van der Waals surface area contributed by atoms with Gasteiger partial charge in [-0.3, -0.25) is 0 Å². The predicted molar refractivity (Wildman–Crippen MR) is 192 cm³/mol. The maximum atomic E-state index is 2.31. The summed E-state index contributed by atoms with van der Waals surface area (Å²) in [6.07, 6.45) is 0. The van der Waals surface area contributed by atoms with E-state index in [4.69, 9.17) is 0 Å². The molecule has 0 aromatic heterocycles. The third-order valence-electron chi connectivity index (χ3n) is 3.71. The predicted octanol–water partition coefficient (Wildman–Crippen LogP) is 14.0. The maximum absolute atomic E-state index is 2.31. The molecule has 2 aromatic carbocycles. The van der Waals surface area contributed by atoms with Gasteiger partial charge in [-0.2, -0.15) is 0 Å². The zero-order valence-electron chi connectivity index (χ0n) is 29.7. The third kappa shape index (κ3) is 53.5. The molecule has 0 aliphatic rings. The molecule has 0 bridgehead atoms. The summed E-state index contributed by atoms with van der Waals surface area (Å²) in [6.45, 7) is 40.8. The van der Waals surface area contributed by atoms with E-state index < -0.39 is 0 Å². The smallest absolute Gasteiger partial charge is 0 e. The molecule has 0 nitrogen and oxygen atoms in total. The summed E-state index contributed by atoms with van der Waals surface area (Å²) in [6, 6.07) is 19.4. The second-order valence-corrected chi connectivity index (χ2v) is 11.7. The summed E-state index contributed by atoms with van der Waals surface area (Å²) in [5, 5.41) is 0. The Kier molecular flexibility index (Phi) is 53.2. The Balaban J connectivity index is -0.0000000676. The first-order chi connectivity index (χ1) is 17.1. The second-order valence-electron chi connectivity index (χ2n) is 11.7. The first-order valence-electron chi connectivity index (χ1n) is 15.3. The molecule has 0 saturated heterocycles. The van der Waals surface area contributed by atoms with Gasteiger partial charge in [-0.1, -0.05) is 194 Å². The van der Waals surface area contributed by atoms with Crippen LogP contribution < -0.4 is 0 Å². The first kappa shape index (κ1) is 53.7. The van der Waals surface area contributed by atoms with Crippen molar-refractivity contribution >= 4 is 8.41 Å². The van der Waals surface area contributed by atoms with Crippen molar-refractivity contribution in [2.24, 2.45) is 17.8 Å². The van der Waals surface area contributed by atoms with Crippen molar-refractivity contribution in [2.75, 3.05) is 0 Å². The topological polar surface area (TPSA) is 0 Å². The van der Waals surface area contributed by atoms with Gasteiger partial charge in [-0.05, 0) is 52.2 Å². The molecule has 0 amide bonds. The average Bonchev–Trinajstić information content (AvgIpc) is 2.81. The van der Waals surface area contributed by atoms with Crippen molar-refractivity contribution in [1.82, 2.24) is 0 Å². The van der Waals surface area contributed by atoms with Gasteiger partial charge in [0.25, 0.3) is 0 Å². The normalized spacial score (nSPS) is 8.85. The minimum atomic E-state index is 0. The Morgan fingerprint density at radius 2 is 0.564 bits per heavy atom. The quantitative estimate of drug-likeness (QED) is 0.338. The molecule has 0 aliphatic carbocycles. The fraction of sp³-hybridized carbons (Fsp3) is 0.684. The van der Waals surface area contributed by atoms with E-state index >= 15 is 0 Å². The lowest BCUT2D eigenvalue weighted by atomic mass is 9.96. The first-order valence-corrected chi connectivity index (χ1v) is 15.3. The van der Waals surface area contributed by atoms with E-state index in [0.29, 0.717) is 17.8 Å². The highest BCUT2D eigenvalue weighted by Crippen LogP contribution is 2.20. The third-order valence-corrected chi connectivity index (χ3v) is 3.71. The summed E-state index contributed by atoms with van der Waals surface area (Å²) in [5.74, 6) is 4.44. The number of benzene rings is 2. The molecule has 2 aromatic rings. The fourth-order valence-corrected chi connectivity index (χ4v) is 2.12. The van der Waals surface area contributed by atoms with Crippen molar-refractivity contribution in [3.8, 4) is 0 Å². The second kappa shape index (κ2) is 38.7. The number of hydrogen-bond donors (Lipinski definition) is 0. The molecule has 231 valence electrons. The zero-order valence-corrected chi connectivity index (χ0v) is 29.7. The molecule has 0 saturated carbocycles. The lowest BCUT2D eigenvalue weighted by molar-refractivity contribution is 0.736. The molecule has 0 unspecified atom stereocenters. The Morgan fingerprint density at radius 1 is 0.359 bits per heavy atom.